The summed E-state index contributed by atoms with van der Waals surface area (Å²) in [5.41, 5.74) is 0.292. The second kappa shape index (κ2) is 4.83. The number of halogens is 3. The van der Waals surface area contributed by atoms with Crippen LogP contribution in [0.4, 0.5) is 8.78 Å². The summed E-state index contributed by atoms with van der Waals surface area (Å²) >= 11 is 3.13. The minimum atomic E-state index is -0.528. The van der Waals surface area contributed by atoms with Gasteiger partial charge < -0.3 is 4.42 Å². The summed E-state index contributed by atoms with van der Waals surface area (Å²) in [7, 11) is 0. The summed E-state index contributed by atoms with van der Waals surface area (Å²) < 4.78 is 32.1. The highest BCUT2D eigenvalue weighted by Gasteiger charge is 2.18. The Labute approximate surface area is 121 Å². The Bertz CT molecular complexity index is 824. The van der Waals surface area contributed by atoms with Gasteiger partial charge in [0.2, 0.25) is 5.78 Å². The summed E-state index contributed by atoms with van der Waals surface area (Å²) in [5.74, 6) is -1.41. The molecule has 1 heterocycles. The van der Waals surface area contributed by atoms with Crippen LogP contribution in [0.1, 0.15) is 16.1 Å². The normalized spacial score (nSPS) is 10.9. The molecule has 0 spiro atoms. The molecular weight excluding hydrogens is 330 g/mol. The number of hydrogen-bond donors (Lipinski definition) is 0. The van der Waals surface area contributed by atoms with Crippen molar-refractivity contribution >= 4 is 32.7 Å². The van der Waals surface area contributed by atoms with Crippen LogP contribution in [0, 0.1) is 11.6 Å². The van der Waals surface area contributed by atoms with Crippen LogP contribution in [0.15, 0.2) is 51.4 Å². The number of carbonyl (C=O) groups is 1. The van der Waals surface area contributed by atoms with Gasteiger partial charge in [-0.3, -0.25) is 4.79 Å². The summed E-state index contributed by atoms with van der Waals surface area (Å²) in [4.78, 5) is 12.3. The molecule has 0 bridgehead atoms. The molecule has 5 heteroatoms. The van der Waals surface area contributed by atoms with Gasteiger partial charge in [-0.05, 0) is 46.3 Å². The van der Waals surface area contributed by atoms with E-state index in [2.05, 4.69) is 15.9 Å². The molecule has 0 unspecified atom stereocenters. The van der Waals surface area contributed by atoms with Gasteiger partial charge in [-0.1, -0.05) is 12.1 Å². The van der Waals surface area contributed by atoms with E-state index in [4.69, 9.17) is 4.42 Å². The molecule has 3 rings (SSSR count). The number of ketones is 1. The van der Waals surface area contributed by atoms with Crippen LogP contribution >= 0.6 is 15.9 Å². The molecule has 3 aromatic rings. The van der Waals surface area contributed by atoms with E-state index in [-0.39, 0.29) is 16.9 Å². The van der Waals surface area contributed by atoms with E-state index >= 15 is 0 Å². The fourth-order valence-electron chi connectivity index (χ4n) is 1.95. The quantitative estimate of drug-likeness (QED) is 0.634. The van der Waals surface area contributed by atoms with Crippen LogP contribution in [0.5, 0.6) is 0 Å². The van der Waals surface area contributed by atoms with Crippen LogP contribution in [0.25, 0.3) is 11.0 Å². The SMILES string of the molecule is O=C(c1cc2cccc(F)c2o1)c1ccc(F)cc1Br. The number of para-hydroxylation sites is 1. The zero-order valence-corrected chi connectivity index (χ0v) is 11.6. The second-order valence-corrected chi connectivity index (χ2v) is 5.08. The van der Waals surface area contributed by atoms with Crippen molar-refractivity contribution in [2.24, 2.45) is 0 Å². The van der Waals surface area contributed by atoms with Crippen molar-refractivity contribution in [3.05, 3.63) is 69.9 Å². The average molecular weight is 337 g/mol. The van der Waals surface area contributed by atoms with Crippen molar-refractivity contribution < 1.29 is 18.0 Å². The predicted molar refractivity (Wildman–Crippen MR) is 73.7 cm³/mol. The maximum Gasteiger partial charge on any atom is 0.229 e. The first kappa shape index (κ1) is 13.0. The van der Waals surface area contributed by atoms with Gasteiger partial charge in [0.05, 0.1) is 0 Å². The Kier molecular flexibility index (Phi) is 3.14. The minimum Gasteiger partial charge on any atom is -0.449 e. The maximum atomic E-state index is 13.5. The van der Waals surface area contributed by atoms with E-state index in [1.54, 1.807) is 6.07 Å². The van der Waals surface area contributed by atoms with E-state index in [9.17, 15) is 13.6 Å². The summed E-state index contributed by atoms with van der Waals surface area (Å²) in [6, 6.07) is 9.64. The Balaban J connectivity index is 2.10. The van der Waals surface area contributed by atoms with Crippen molar-refractivity contribution in [2.45, 2.75) is 0 Å². The van der Waals surface area contributed by atoms with Crippen molar-refractivity contribution in [1.29, 1.82) is 0 Å². The molecule has 0 N–H and O–H groups in total. The van der Waals surface area contributed by atoms with E-state index in [1.807, 2.05) is 0 Å². The number of hydrogen-bond acceptors (Lipinski definition) is 2. The first-order valence-electron chi connectivity index (χ1n) is 5.74. The molecule has 0 aliphatic heterocycles. The number of carbonyl (C=O) groups excluding carboxylic acids is 1. The lowest BCUT2D eigenvalue weighted by Gasteiger charge is -2.01. The molecule has 0 aliphatic carbocycles. The van der Waals surface area contributed by atoms with E-state index in [0.29, 0.717) is 9.86 Å². The molecule has 0 saturated heterocycles. The molecule has 2 aromatic carbocycles. The summed E-state index contributed by atoms with van der Waals surface area (Å²) in [6.07, 6.45) is 0. The predicted octanol–water partition coefficient (Wildman–Crippen LogP) is 4.70. The third-order valence-corrected chi connectivity index (χ3v) is 3.55. The van der Waals surface area contributed by atoms with Gasteiger partial charge >= 0.3 is 0 Å². The molecule has 0 radical (unpaired) electrons. The lowest BCUT2D eigenvalue weighted by Crippen LogP contribution is -2.01. The van der Waals surface area contributed by atoms with Gasteiger partial charge in [-0.25, -0.2) is 8.78 Å². The molecule has 0 amide bonds. The first-order chi connectivity index (χ1) is 9.56. The standard InChI is InChI=1S/C15H7BrF2O2/c16-11-7-9(17)4-5-10(11)14(19)13-6-8-2-1-3-12(18)15(8)20-13/h1-7H. The van der Waals surface area contributed by atoms with Crippen molar-refractivity contribution in [3.8, 4) is 0 Å². The highest BCUT2D eigenvalue weighted by molar-refractivity contribution is 9.10. The molecule has 0 saturated carbocycles. The Morgan fingerprint density at radius 1 is 1.10 bits per heavy atom. The fourth-order valence-corrected chi connectivity index (χ4v) is 2.48. The number of furan rings is 1. The average Bonchev–Trinajstić information content (AvgIpc) is 2.83. The second-order valence-electron chi connectivity index (χ2n) is 4.22. The van der Waals surface area contributed by atoms with Gasteiger partial charge in [0.25, 0.3) is 0 Å². The molecule has 0 atom stereocenters. The Morgan fingerprint density at radius 3 is 2.60 bits per heavy atom. The number of fused-ring (bicyclic) bond motifs is 1. The maximum absolute atomic E-state index is 13.5. The zero-order valence-electron chi connectivity index (χ0n) is 9.99. The van der Waals surface area contributed by atoms with Crippen LogP contribution in [-0.4, -0.2) is 5.78 Å². The highest BCUT2D eigenvalue weighted by Crippen LogP contribution is 2.26. The van der Waals surface area contributed by atoms with Crippen LogP contribution < -0.4 is 0 Å². The molecule has 0 aliphatic rings. The lowest BCUT2D eigenvalue weighted by atomic mass is 10.1. The molecule has 0 fully saturated rings. The topological polar surface area (TPSA) is 30.2 Å². The van der Waals surface area contributed by atoms with E-state index < -0.39 is 17.4 Å². The Morgan fingerprint density at radius 2 is 1.90 bits per heavy atom. The van der Waals surface area contributed by atoms with Crippen molar-refractivity contribution in [2.75, 3.05) is 0 Å². The van der Waals surface area contributed by atoms with Gasteiger partial charge in [-0.2, -0.15) is 0 Å². The smallest absolute Gasteiger partial charge is 0.229 e. The molecular formula is C15H7BrF2O2. The largest absolute Gasteiger partial charge is 0.449 e. The number of rotatable bonds is 2. The van der Waals surface area contributed by atoms with Gasteiger partial charge in [0.1, 0.15) is 5.82 Å². The third kappa shape index (κ3) is 2.14. The van der Waals surface area contributed by atoms with E-state index in [1.165, 1.54) is 36.4 Å². The lowest BCUT2D eigenvalue weighted by molar-refractivity contribution is 0.101. The number of benzene rings is 2. The minimum absolute atomic E-state index is 0.0115. The van der Waals surface area contributed by atoms with Gasteiger partial charge in [-0.15, -0.1) is 0 Å². The molecule has 100 valence electrons. The molecule has 2 nitrogen and oxygen atoms in total. The third-order valence-electron chi connectivity index (χ3n) is 2.90. The Hall–Kier alpha value is -2.01. The van der Waals surface area contributed by atoms with Crippen molar-refractivity contribution in [1.82, 2.24) is 0 Å². The molecule has 1 aromatic heterocycles. The highest BCUT2D eigenvalue weighted by atomic mass is 79.9. The summed E-state index contributed by atoms with van der Waals surface area (Å²) in [5, 5.41) is 0.506. The van der Waals surface area contributed by atoms with Crippen LogP contribution in [0.3, 0.4) is 0 Å². The van der Waals surface area contributed by atoms with Crippen LogP contribution in [-0.2, 0) is 0 Å². The van der Waals surface area contributed by atoms with Crippen LogP contribution in [0.2, 0.25) is 0 Å². The first-order valence-corrected chi connectivity index (χ1v) is 6.53. The van der Waals surface area contributed by atoms with E-state index in [0.717, 1.165) is 0 Å². The van der Waals surface area contributed by atoms with Gasteiger partial charge in [0, 0.05) is 15.4 Å². The monoisotopic (exact) mass is 336 g/mol. The zero-order chi connectivity index (χ0) is 14.3. The van der Waals surface area contributed by atoms with Gasteiger partial charge in [0.15, 0.2) is 17.2 Å². The fraction of sp³-hybridized carbons (Fsp3) is 0. The summed E-state index contributed by atoms with van der Waals surface area (Å²) in [6.45, 7) is 0. The van der Waals surface area contributed by atoms with Crippen molar-refractivity contribution in [3.63, 3.8) is 0 Å². The molecule has 20 heavy (non-hydrogen) atoms.